The van der Waals surface area contributed by atoms with Crippen molar-refractivity contribution in [3.05, 3.63) is 35.4 Å². The Balaban J connectivity index is 2.09. The molecule has 3 unspecified atom stereocenters. The Morgan fingerprint density at radius 3 is 2.34 bits per heavy atom. The van der Waals surface area contributed by atoms with Gasteiger partial charge in [0.2, 0.25) is 0 Å². The molecule has 1 aromatic rings. The first kappa shape index (κ1) is 27.2. The molecule has 32 heavy (non-hydrogen) atoms. The van der Waals surface area contributed by atoms with E-state index in [1.54, 1.807) is 0 Å². The second kappa shape index (κ2) is 11.4. The maximum Gasteiger partial charge on any atom is 0.310 e. The van der Waals surface area contributed by atoms with E-state index in [0.29, 0.717) is 19.6 Å². The summed E-state index contributed by atoms with van der Waals surface area (Å²) in [6.07, 6.45) is 1.19. The van der Waals surface area contributed by atoms with Crippen molar-refractivity contribution >= 4 is 24.2 Å². The average Bonchev–Trinajstić information content (AvgIpc) is 2.68. The summed E-state index contributed by atoms with van der Waals surface area (Å²) in [6.45, 7) is 14.1. The molecular weight excluding hydrogens is 442 g/mol. The number of likely N-dealkylation sites (N-methyl/N-ethyl adjacent to an activating group) is 1. The number of ether oxygens (including phenoxy) is 2. The number of hydrogen-bond acceptors (Lipinski definition) is 4. The van der Waals surface area contributed by atoms with Gasteiger partial charge in [0.25, 0.3) is 0 Å². The predicted octanol–water partition coefficient (Wildman–Crippen LogP) is 4.68. The highest BCUT2D eigenvalue weighted by atomic mass is 32.3. The Morgan fingerprint density at radius 2 is 1.91 bits per heavy atom. The van der Waals surface area contributed by atoms with Crippen molar-refractivity contribution in [2.75, 3.05) is 26.2 Å². The van der Waals surface area contributed by atoms with Gasteiger partial charge in [-0.3, -0.25) is 9.00 Å². The fourth-order valence-electron chi connectivity index (χ4n) is 3.98. The molecule has 0 bridgehead atoms. The minimum atomic E-state index is -2.77. The van der Waals surface area contributed by atoms with Gasteiger partial charge in [0.05, 0.1) is 12.5 Å². The lowest BCUT2D eigenvalue weighted by Gasteiger charge is -2.48. The van der Waals surface area contributed by atoms with Gasteiger partial charge in [0.15, 0.2) is 0 Å². The van der Waals surface area contributed by atoms with Crippen molar-refractivity contribution in [3.63, 3.8) is 0 Å². The third kappa shape index (κ3) is 6.73. The number of carboxylic acid groups (broad SMARTS) is 1. The minimum Gasteiger partial charge on any atom is -0.481 e. The molecule has 1 aliphatic heterocycles. The Bertz CT molecular complexity index is 793. The molecule has 0 radical (unpaired) electrons. The molecule has 0 aliphatic carbocycles. The van der Waals surface area contributed by atoms with E-state index < -0.39 is 30.1 Å². The molecule has 1 heterocycles. The Hall–Kier alpha value is -1.06. The van der Waals surface area contributed by atoms with E-state index in [1.165, 1.54) is 0 Å². The number of hydrogen-bond donors (Lipinski definition) is 2. The van der Waals surface area contributed by atoms with E-state index in [2.05, 4.69) is 19.6 Å². The minimum absolute atomic E-state index is 0.0306. The van der Waals surface area contributed by atoms with E-state index in [1.807, 2.05) is 56.4 Å². The number of nitrogens with zero attached hydrogens (tertiary/aromatic N) is 1. The first-order chi connectivity index (χ1) is 14.9. The van der Waals surface area contributed by atoms with Crippen molar-refractivity contribution < 1.29 is 23.6 Å². The van der Waals surface area contributed by atoms with Gasteiger partial charge in [-0.15, -0.1) is 0 Å². The molecular formula is C24H43NO5SSi. The predicted molar refractivity (Wildman–Crippen MR) is 136 cm³/mol. The van der Waals surface area contributed by atoms with Crippen LogP contribution in [0.25, 0.3) is 0 Å². The molecule has 1 saturated heterocycles. The molecule has 0 amide bonds. The van der Waals surface area contributed by atoms with Crippen LogP contribution in [0.3, 0.4) is 0 Å². The lowest BCUT2D eigenvalue weighted by Crippen LogP contribution is -2.56. The second-order valence-electron chi connectivity index (χ2n) is 10.4. The van der Waals surface area contributed by atoms with Crippen molar-refractivity contribution in [2.24, 2.45) is 0 Å². The van der Waals surface area contributed by atoms with Gasteiger partial charge in [-0.05, 0) is 33.7 Å². The first-order valence-electron chi connectivity index (χ1n) is 11.7. The summed E-state index contributed by atoms with van der Waals surface area (Å²) < 4.78 is 27.6. The van der Waals surface area contributed by atoms with E-state index in [0.717, 1.165) is 23.6 Å². The molecule has 1 N–H and O–H groups in total. The van der Waals surface area contributed by atoms with Gasteiger partial charge in [-0.1, -0.05) is 71.1 Å². The fourth-order valence-corrected chi connectivity index (χ4v) is 6.94. The zero-order chi connectivity index (χ0) is 24.1. The Kier molecular flexibility index (Phi) is 9.67. The van der Waals surface area contributed by atoms with Gasteiger partial charge < -0.3 is 14.6 Å². The van der Waals surface area contributed by atoms with E-state index in [-0.39, 0.29) is 23.3 Å². The summed E-state index contributed by atoms with van der Waals surface area (Å²) in [5.41, 5.74) is 1.92. The summed E-state index contributed by atoms with van der Waals surface area (Å²) in [5, 5.41) is 9.49. The number of carboxylic acids is 1. The smallest absolute Gasteiger partial charge is 0.310 e. The van der Waals surface area contributed by atoms with Crippen molar-refractivity contribution in [1.29, 1.82) is 0 Å². The van der Waals surface area contributed by atoms with Gasteiger partial charge in [0.1, 0.15) is 12.2 Å². The van der Waals surface area contributed by atoms with Crippen LogP contribution in [0.4, 0.5) is 0 Å². The molecule has 0 spiro atoms. The molecule has 0 saturated carbocycles. The lowest BCUT2D eigenvalue weighted by atomic mass is 9.89. The highest BCUT2D eigenvalue weighted by Gasteiger charge is 2.42. The van der Waals surface area contributed by atoms with E-state index in [9.17, 15) is 14.1 Å². The molecule has 1 aliphatic rings. The maximum absolute atomic E-state index is 13.9. The van der Waals surface area contributed by atoms with Crippen molar-refractivity contribution in [2.45, 2.75) is 82.6 Å². The Labute approximate surface area is 196 Å². The average molecular weight is 486 g/mol. The zero-order valence-electron chi connectivity index (χ0n) is 20.8. The molecule has 1 aromatic carbocycles. The molecule has 8 heteroatoms. The number of thiol groups is 1. The van der Waals surface area contributed by atoms with E-state index >= 15 is 0 Å². The quantitative estimate of drug-likeness (QED) is 0.241. The standard InChI is InChI=1S/C24H43NO5SSi/c1-8-9-21(24(26)27)19-10-12-20(13-11-19)22-16-30-23(22)25(4)31(28,18(2)3)17-29-14-15-32(5,6)7/h10-13,18,21-23,31H,8-9,14-17H2,1-7H3,(H,26,27). The van der Waals surface area contributed by atoms with Gasteiger partial charge in [0, 0.05) is 32.9 Å². The van der Waals surface area contributed by atoms with Crippen LogP contribution in [0.2, 0.25) is 25.7 Å². The van der Waals surface area contributed by atoms with Gasteiger partial charge in [-0.25, -0.2) is 4.31 Å². The summed E-state index contributed by atoms with van der Waals surface area (Å²) in [4.78, 5) is 11.6. The third-order valence-electron chi connectivity index (χ3n) is 6.42. The largest absolute Gasteiger partial charge is 0.481 e. The maximum atomic E-state index is 13.9. The molecule has 0 aromatic heterocycles. The lowest BCUT2D eigenvalue weighted by molar-refractivity contribution is -0.139. The number of benzene rings is 1. The first-order valence-corrected chi connectivity index (χ1v) is 17.4. The van der Waals surface area contributed by atoms with Crippen LogP contribution < -0.4 is 0 Å². The van der Waals surface area contributed by atoms with Crippen LogP contribution in [-0.2, 0) is 24.4 Å². The number of rotatable bonds is 13. The van der Waals surface area contributed by atoms with E-state index in [4.69, 9.17) is 9.47 Å². The number of aliphatic carboxylic acids is 1. The SMILES string of the molecule is CCCC(C(=O)O)c1ccc(C2COC2N(C)[SH](=O)(COCC[Si](C)(C)C)C(C)C)cc1. The molecule has 1 fully saturated rings. The summed E-state index contributed by atoms with van der Waals surface area (Å²) in [5.74, 6) is -0.901. The van der Waals surface area contributed by atoms with Gasteiger partial charge >= 0.3 is 5.97 Å². The monoisotopic (exact) mass is 485 g/mol. The van der Waals surface area contributed by atoms with Crippen LogP contribution >= 0.6 is 0 Å². The topological polar surface area (TPSA) is 76.1 Å². The third-order valence-corrected chi connectivity index (χ3v) is 11.6. The van der Waals surface area contributed by atoms with Crippen LogP contribution in [-0.4, -0.2) is 65.3 Å². The van der Waals surface area contributed by atoms with Crippen LogP contribution in [0.5, 0.6) is 0 Å². The molecule has 184 valence electrons. The summed E-state index contributed by atoms with van der Waals surface area (Å²) in [6, 6.07) is 8.89. The van der Waals surface area contributed by atoms with Gasteiger partial charge in [-0.2, -0.15) is 0 Å². The highest BCUT2D eigenvalue weighted by Crippen LogP contribution is 2.37. The van der Waals surface area contributed by atoms with Crippen molar-refractivity contribution in [1.82, 2.24) is 4.31 Å². The highest BCUT2D eigenvalue weighted by molar-refractivity contribution is 8.01. The van der Waals surface area contributed by atoms with Crippen molar-refractivity contribution in [3.8, 4) is 0 Å². The fraction of sp³-hybridized carbons (Fsp3) is 0.708. The molecule has 3 atom stereocenters. The summed E-state index contributed by atoms with van der Waals surface area (Å²) >= 11 is 0. The molecule has 2 rings (SSSR count). The van der Waals surface area contributed by atoms with Crippen LogP contribution in [0, 0.1) is 0 Å². The number of carbonyl (C=O) groups is 1. The Morgan fingerprint density at radius 1 is 1.28 bits per heavy atom. The molecule has 6 nitrogen and oxygen atoms in total. The van der Waals surface area contributed by atoms with Crippen LogP contribution in [0.15, 0.2) is 24.3 Å². The second-order valence-corrected chi connectivity index (χ2v) is 19.5. The normalized spacial score (nSPS) is 20.9. The zero-order valence-corrected chi connectivity index (χ0v) is 22.7. The van der Waals surface area contributed by atoms with Crippen LogP contribution in [0.1, 0.15) is 56.6 Å². The summed E-state index contributed by atoms with van der Waals surface area (Å²) in [7, 11) is -2.08.